The molecule has 0 unspecified atom stereocenters. The Morgan fingerprint density at radius 1 is 1.31 bits per heavy atom. The molecule has 0 saturated heterocycles. The molecule has 0 aromatic heterocycles. The van der Waals surface area contributed by atoms with E-state index in [4.69, 9.17) is 10.8 Å². The first-order valence-corrected chi connectivity index (χ1v) is 7.81. The zero-order valence-electron chi connectivity index (χ0n) is 14.9. The SMILES string of the molecule is C=CCN/N=C\C/C=C/NC(=C(C=N)C(=N)C(F)(F)F)/C(=C/C)CNC. The molecule has 0 aliphatic heterocycles. The largest absolute Gasteiger partial charge is 0.433 e. The molecule has 0 saturated carbocycles. The number of hydrogen-bond donors (Lipinski definition) is 5. The van der Waals surface area contributed by atoms with Gasteiger partial charge < -0.3 is 21.5 Å². The van der Waals surface area contributed by atoms with Gasteiger partial charge in [-0.3, -0.25) is 5.41 Å². The van der Waals surface area contributed by atoms with Gasteiger partial charge in [0.2, 0.25) is 0 Å². The van der Waals surface area contributed by atoms with Crippen molar-refractivity contribution in [1.29, 1.82) is 10.8 Å². The van der Waals surface area contributed by atoms with Crippen molar-refractivity contribution in [2.24, 2.45) is 5.10 Å². The summed E-state index contributed by atoms with van der Waals surface area (Å²) < 4.78 is 38.7. The third-order valence-corrected chi connectivity index (χ3v) is 3.01. The molecule has 0 radical (unpaired) electrons. The monoisotopic (exact) mass is 370 g/mol. The number of hydrogen-bond acceptors (Lipinski definition) is 6. The maximum Gasteiger partial charge on any atom is 0.433 e. The van der Waals surface area contributed by atoms with Gasteiger partial charge in [0, 0.05) is 31.0 Å². The molecule has 0 rings (SSSR count). The fourth-order valence-electron chi connectivity index (χ4n) is 1.80. The molecule has 144 valence electrons. The van der Waals surface area contributed by atoms with E-state index in [1.54, 1.807) is 38.4 Å². The first-order valence-electron chi connectivity index (χ1n) is 7.81. The second-order valence-corrected chi connectivity index (χ2v) is 4.90. The third-order valence-electron chi connectivity index (χ3n) is 3.01. The average molecular weight is 370 g/mol. The van der Waals surface area contributed by atoms with E-state index in [9.17, 15) is 13.2 Å². The van der Waals surface area contributed by atoms with Gasteiger partial charge in [0.15, 0.2) is 0 Å². The number of rotatable bonds is 12. The summed E-state index contributed by atoms with van der Waals surface area (Å²) >= 11 is 0. The Morgan fingerprint density at radius 3 is 2.50 bits per heavy atom. The minimum Gasteiger partial charge on any atom is -0.361 e. The first kappa shape index (κ1) is 23.3. The van der Waals surface area contributed by atoms with Crippen LogP contribution < -0.4 is 16.1 Å². The maximum absolute atomic E-state index is 12.9. The molecule has 0 aromatic rings. The van der Waals surface area contributed by atoms with E-state index >= 15 is 0 Å². The van der Waals surface area contributed by atoms with Crippen LogP contribution in [-0.4, -0.2) is 44.5 Å². The van der Waals surface area contributed by atoms with Gasteiger partial charge in [-0.1, -0.05) is 18.2 Å². The van der Waals surface area contributed by atoms with Crippen molar-refractivity contribution in [2.45, 2.75) is 19.5 Å². The van der Waals surface area contributed by atoms with Crippen LogP contribution in [0.4, 0.5) is 13.2 Å². The lowest BCUT2D eigenvalue weighted by atomic mass is 10.0. The van der Waals surface area contributed by atoms with Crippen molar-refractivity contribution in [3.05, 3.63) is 47.9 Å². The standard InChI is InChI=1S/C17H25F3N6/c1-4-8-25-26-10-7-6-9-24-15(13(5-2)12-23-3)14(11-21)16(22)17(18,19)20/h4-6,9-11,21-25H,1,7-8,12H2,2-3H3/b9-6+,13-5+,15-14?,21-11?,22-16?,26-10-. The molecule has 0 heterocycles. The van der Waals surface area contributed by atoms with Gasteiger partial charge in [0.1, 0.15) is 5.71 Å². The van der Waals surface area contributed by atoms with Crippen molar-refractivity contribution in [1.82, 2.24) is 16.1 Å². The summed E-state index contributed by atoms with van der Waals surface area (Å²) in [5.41, 5.74) is 1.17. The minimum absolute atomic E-state index is 0.0529. The molecule has 9 heteroatoms. The second-order valence-electron chi connectivity index (χ2n) is 4.90. The quantitative estimate of drug-likeness (QED) is 0.120. The molecule has 26 heavy (non-hydrogen) atoms. The van der Waals surface area contributed by atoms with Gasteiger partial charge >= 0.3 is 6.18 Å². The first-order chi connectivity index (χ1) is 12.3. The van der Waals surface area contributed by atoms with Crippen LogP contribution in [0.2, 0.25) is 0 Å². The topological polar surface area (TPSA) is 96.2 Å². The summed E-state index contributed by atoms with van der Waals surface area (Å²) in [7, 11) is 1.66. The summed E-state index contributed by atoms with van der Waals surface area (Å²) in [5.74, 6) is 0. The normalized spacial score (nSPS) is 13.7. The molecule has 0 atom stereocenters. The van der Waals surface area contributed by atoms with Gasteiger partial charge in [-0.25, -0.2) is 0 Å². The van der Waals surface area contributed by atoms with Crippen molar-refractivity contribution < 1.29 is 13.2 Å². The van der Waals surface area contributed by atoms with Crippen molar-refractivity contribution in [2.75, 3.05) is 20.1 Å². The van der Waals surface area contributed by atoms with Crippen LogP contribution in [0.5, 0.6) is 0 Å². The van der Waals surface area contributed by atoms with Gasteiger partial charge in [0.25, 0.3) is 0 Å². The number of halogens is 3. The van der Waals surface area contributed by atoms with E-state index in [0.717, 1.165) is 0 Å². The average Bonchev–Trinajstić information content (AvgIpc) is 2.60. The molecule has 0 fully saturated rings. The predicted molar refractivity (Wildman–Crippen MR) is 101 cm³/mol. The Morgan fingerprint density at radius 2 is 2.00 bits per heavy atom. The summed E-state index contributed by atoms with van der Waals surface area (Å²) in [6, 6.07) is 0. The van der Waals surface area contributed by atoms with E-state index < -0.39 is 17.5 Å². The highest BCUT2D eigenvalue weighted by atomic mass is 19.4. The van der Waals surface area contributed by atoms with E-state index in [1.165, 1.54) is 6.20 Å². The summed E-state index contributed by atoms with van der Waals surface area (Å²) in [6.07, 6.45) is 4.12. The van der Waals surface area contributed by atoms with E-state index in [2.05, 4.69) is 27.7 Å². The molecule has 0 aromatic carbocycles. The smallest absolute Gasteiger partial charge is 0.361 e. The Kier molecular flexibility index (Phi) is 11.3. The van der Waals surface area contributed by atoms with E-state index in [-0.39, 0.29) is 12.2 Å². The van der Waals surface area contributed by atoms with Crippen molar-refractivity contribution in [3.63, 3.8) is 0 Å². The van der Waals surface area contributed by atoms with E-state index in [0.29, 0.717) is 24.8 Å². The van der Waals surface area contributed by atoms with Gasteiger partial charge in [0.05, 0.1) is 12.2 Å². The number of nitrogens with one attached hydrogen (secondary N) is 5. The molecule has 6 nitrogen and oxygen atoms in total. The molecule has 0 aliphatic carbocycles. The molecular formula is C17H25F3N6. The Hall–Kier alpha value is -2.68. The minimum atomic E-state index is -4.84. The maximum atomic E-state index is 12.9. The number of alkyl halides is 3. The third kappa shape index (κ3) is 8.43. The molecule has 0 amide bonds. The lowest BCUT2D eigenvalue weighted by Gasteiger charge is -2.17. The van der Waals surface area contributed by atoms with Crippen LogP contribution in [0.1, 0.15) is 13.3 Å². The summed E-state index contributed by atoms with van der Waals surface area (Å²) in [5, 5.41) is 24.2. The van der Waals surface area contributed by atoms with E-state index in [1.807, 2.05) is 0 Å². The van der Waals surface area contributed by atoms with Gasteiger partial charge in [-0.2, -0.15) is 18.3 Å². The lowest BCUT2D eigenvalue weighted by Crippen LogP contribution is -2.29. The lowest BCUT2D eigenvalue weighted by molar-refractivity contribution is -0.0587. The Balaban J connectivity index is 5.45. The van der Waals surface area contributed by atoms with Crippen LogP contribution in [-0.2, 0) is 0 Å². The molecule has 0 spiro atoms. The highest BCUT2D eigenvalue weighted by Crippen LogP contribution is 2.23. The fraction of sp³-hybridized carbons (Fsp3) is 0.353. The Labute approximate surface area is 151 Å². The second kappa shape index (κ2) is 12.6. The molecule has 0 bridgehead atoms. The van der Waals surface area contributed by atoms with Gasteiger partial charge in [-0.15, -0.1) is 6.58 Å². The number of likely N-dealkylation sites (N-methyl/N-ethyl adjacent to an activating group) is 1. The summed E-state index contributed by atoms with van der Waals surface area (Å²) in [6.45, 7) is 6.02. The zero-order valence-corrected chi connectivity index (χ0v) is 14.9. The molecular weight excluding hydrogens is 345 g/mol. The van der Waals surface area contributed by atoms with Crippen LogP contribution in [0.15, 0.2) is 53.0 Å². The predicted octanol–water partition coefficient (Wildman–Crippen LogP) is 2.89. The van der Waals surface area contributed by atoms with Crippen LogP contribution in [0.3, 0.4) is 0 Å². The molecule has 0 aliphatic rings. The highest BCUT2D eigenvalue weighted by Gasteiger charge is 2.37. The van der Waals surface area contributed by atoms with Crippen molar-refractivity contribution in [3.8, 4) is 0 Å². The Bertz CT molecular complexity index is 600. The van der Waals surface area contributed by atoms with Crippen LogP contribution in [0, 0.1) is 10.8 Å². The van der Waals surface area contributed by atoms with Crippen molar-refractivity contribution >= 4 is 18.1 Å². The zero-order chi connectivity index (χ0) is 20.0. The number of allylic oxidation sites excluding steroid dienone is 3. The summed E-state index contributed by atoms with van der Waals surface area (Å²) in [4.78, 5) is 0. The van der Waals surface area contributed by atoms with Gasteiger partial charge in [-0.05, 0) is 25.7 Å². The fourth-order valence-corrected chi connectivity index (χ4v) is 1.80. The number of nitrogens with zero attached hydrogens (tertiary/aromatic N) is 1. The molecule has 5 N–H and O–H groups in total. The number of hydrazone groups is 1. The highest BCUT2D eigenvalue weighted by molar-refractivity contribution is 6.17. The van der Waals surface area contributed by atoms with Crippen LogP contribution >= 0.6 is 0 Å². The van der Waals surface area contributed by atoms with Crippen LogP contribution in [0.25, 0.3) is 0 Å².